The number of esters is 1. The molecule has 0 aromatic carbocycles. The number of hydrogen-bond acceptors (Lipinski definition) is 8. The maximum atomic E-state index is 13.1. The lowest BCUT2D eigenvalue weighted by molar-refractivity contribution is -0.145. The average molecular weight is 424 g/mol. The first-order valence-electron chi connectivity index (χ1n) is 10.8. The van der Waals surface area contributed by atoms with Crippen LogP contribution in [0.2, 0.25) is 0 Å². The molecule has 0 spiro atoms. The second-order valence-electron chi connectivity index (χ2n) is 8.81. The number of aliphatic hydroxyl groups excluding tert-OH is 2. The van der Waals surface area contributed by atoms with Gasteiger partial charge in [-0.05, 0) is 25.7 Å². The van der Waals surface area contributed by atoms with Crippen molar-refractivity contribution in [2.24, 2.45) is 34.7 Å². The van der Waals surface area contributed by atoms with Crippen molar-refractivity contribution in [2.45, 2.75) is 58.7 Å². The lowest BCUT2D eigenvalue weighted by atomic mass is 9.60. The first-order chi connectivity index (χ1) is 14.3. The molecule has 0 unspecified atom stereocenters. The molecule has 1 aliphatic heterocycles. The van der Waals surface area contributed by atoms with Crippen LogP contribution in [0.4, 0.5) is 0 Å². The van der Waals surface area contributed by atoms with Crippen LogP contribution in [0.1, 0.15) is 46.5 Å². The molecule has 0 aromatic heterocycles. The van der Waals surface area contributed by atoms with Crippen LogP contribution in [-0.4, -0.2) is 70.6 Å². The molecule has 3 fully saturated rings. The summed E-state index contributed by atoms with van der Waals surface area (Å²) >= 11 is 0. The first-order valence-corrected chi connectivity index (χ1v) is 10.8. The van der Waals surface area contributed by atoms with Crippen LogP contribution in [0.3, 0.4) is 0 Å². The van der Waals surface area contributed by atoms with E-state index in [4.69, 9.17) is 9.57 Å². The predicted molar refractivity (Wildman–Crippen MR) is 106 cm³/mol. The second kappa shape index (κ2) is 9.43. The summed E-state index contributed by atoms with van der Waals surface area (Å²) in [6.45, 7) is 6.34. The molecular formula is C21H32N2O7. The number of hydrogen-bond donors (Lipinski definition) is 2. The molecule has 2 aliphatic carbocycles. The molecule has 9 nitrogen and oxygen atoms in total. The van der Waals surface area contributed by atoms with Gasteiger partial charge in [0.05, 0.1) is 42.8 Å². The summed E-state index contributed by atoms with van der Waals surface area (Å²) in [5, 5.41) is 25.4. The highest BCUT2D eigenvalue weighted by Gasteiger charge is 2.59. The molecule has 168 valence electrons. The summed E-state index contributed by atoms with van der Waals surface area (Å²) in [6.07, 6.45) is -0.967. The van der Waals surface area contributed by atoms with Gasteiger partial charge >= 0.3 is 5.97 Å². The normalized spacial score (nSPS) is 34.9. The molecule has 3 aliphatic rings. The Balaban J connectivity index is 1.79. The number of rotatable bonds is 7. The Labute approximate surface area is 176 Å². The molecule has 0 radical (unpaired) electrons. The van der Waals surface area contributed by atoms with Crippen LogP contribution >= 0.6 is 0 Å². The van der Waals surface area contributed by atoms with E-state index >= 15 is 0 Å². The number of oxime groups is 1. The molecule has 2 amide bonds. The van der Waals surface area contributed by atoms with Crippen molar-refractivity contribution in [3.05, 3.63) is 0 Å². The predicted octanol–water partition coefficient (Wildman–Crippen LogP) is 0.721. The highest BCUT2D eigenvalue weighted by atomic mass is 16.6. The van der Waals surface area contributed by atoms with Crippen molar-refractivity contribution in [1.82, 2.24) is 4.90 Å². The number of ether oxygens (including phenoxy) is 1. The van der Waals surface area contributed by atoms with Gasteiger partial charge < -0.3 is 19.8 Å². The highest BCUT2D eigenvalue weighted by Crippen LogP contribution is 2.49. The average Bonchev–Trinajstić information content (AvgIpc) is 2.94. The van der Waals surface area contributed by atoms with E-state index in [1.54, 1.807) is 6.92 Å². The van der Waals surface area contributed by atoms with E-state index in [1.165, 1.54) is 0 Å². The van der Waals surface area contributed by atoms with E-state index < -0.39 is 35.9 Å². The number of aliphatic hydroxyl groups is 2. The van der Waals surface area contributed by atoms with Gasteiger partial charge in [0.2, 0.25) is 11.8 Å². The van der Waals surface area contributed by atoms with Crippen molar-refractivity contribution < 1.29 is 34.2 Å². The first kappa shape index (κ1) is 22.7. The second-order valence-corrected chi connectivity index (χ2v) is 8.81. The van der Waals surface area contributed by atoms with Gasteiger partial charge in [-0.3, -0.25) is 19.3 Å². The quantitative estimate of drug-likeness (QED) is 0.350. The van der Waals surface area contributed by atoms with Crippen LogP contribution in [0.25, 0.3) is 0 Å². The summed E-state index contributed by atoms with van der Waals surface area (Å²) in [6, 6.07) is 0. The Morgan fingerprint density at radius 1 is 1.20 bits per heavy atom. The number of amides is 2. The zero-order valence-electron chi connectivity index (χ0n) is 17.8. The number of imide groups is 1. The monoisotopic (exact) mass is 424 g/mol. The number of fused-ring (bicyclic) bond motifs is 3. The molecule has 9 heteroatoms. The highest BCUT2D eigenvalue weighted by molar-refractivity contribution is 6.06. The van der Waals surface area contributed by atoms with Crippen LogP contribution in [-0.2, 0) is 24.0 Å². The number of likely N-dealkylation sites (tertiary alicyclic amines) is 1. The Hall–Kier alpha value is -2.00. The molecular weight excluding hydrogens is 392 g/mol. The summed E-state index contributed by atoms with van der Waals surface area (Å²) in [5.41, 5.74) is 0.641. The van der Waals surface area contributed by atoms with Crippen LogP contribution < -0.4 is 0 Å². The molecule has 6 atom stereocenters. The zero-order valence-corrected chi connectivity index (χ0v) is 17.8. The fourth-order valence-corrected chi connectivity index (χ4v) is 4.97. The maximum Gasteiger partial charge on any atom is 0.307 e. The third-order valence-electron chi connectivity index (χ3n) is 6.31. The topological polar surface area (TPSA) is 126 Å². The fourth-order valence-electron chi connectivity index (χ4n) is 4.97. The maximum absolute atomic E-state index is 13.1. The molecule has 30 heavy (non-hydrogen) atoms. The molecule has 0 bridgehead atoms. The Kier molecular flexibility index (Phi) is 7.13. The van der Waals surface area contributed by atoms with Gasteiger partial charge in [-0.25, -0.2) is 0 Å². The van der Waals surface area contributed by atoms with E-state index in [2.05, 4.69) is 5.16 Å². The number of carbonyl (C=O) groups is 3. The van der Waals surface area contributed by atoms with E-state index in [0.29, 0.717) is 31.1 Å². The molecule has 1 saturated heterocycles. The van der Waals surface area contributed by atoms with Gasteiger partial charge in [0.25, 0.3) is 0 Å². The largest absolute Gasteiger partial charge is 0.466 e. The summed E-state index contributed by atoms with van der Waals surface area (Å²) in [5.74, 6) is -2.96. The van der Waals surface area contributed by atoms with E-state index in [9.17, 15) is 24.6 Å². The molecule has 2 saturated carbocycles. The van der Waals surface area contributed by atoms with Crippen LogP contribution in [0, 0.1) is 29.6 Å². The molecule has 0 aromatic rings. The Bertz CT molecular complexity index is 707. The van der Waals surface area contributed by atoms with Crippen molar-refractivity contribution in [1.29, 1.82) is 0 Å². The fraction of sp³-hybridized carbons (Fsp3) is 0.810. The Morgan fingerprint density at radius 3 is 2.57 bits per heavy atom. The lowest BCUT2D eigenvalue weighted by Crippen LogP contribution is -2.54. The van der Waals surface area contributed by atoms with E-state index in [-0.39, 0.29) is 43.7 Å². The van der Waals surface area contributed by atoms with Crippen molar-refractivity contribution >= 4 is 23.5 Å². The van der Waals surface area contributed by atoms with Gasteiger partial charge in [0, 0.05) is 24.8 Å². The van der Waals surface area contributed by atoms with Crippen LogP contribution in [0.5, 0.6) is 0 Å². The molecule has 1 heterocycles. The van der Waals surface area contributed by atoms with Gasteiger partial charge in [-0.15, -0.1) is 0 Å². The zero-order chi connectivity index (χ0) is 22.0. The third-order valence-corrected chi connectivity index (χ3v) is 6.31. The minimum Gasteiger partial charge on any atom is -0.466 e. The summed E-state index contributed by atoms with van der Waals surface area (Å²) in [7, 11) is 0. The van der Waals surface area contributed by atoms with E-state index in [0.717, 1.165) is 4.90 Å². The SMILES string of the molecule is CCOC(=O)CCN1C(=O)[C@H]2[C@H]3[C@H](O)[C@H](O)C/C(=N/OCC(C)C)[C@@H]3CC[C@@H]2C1=O. The van der Waals surface area contributed by atoms with Crippen molar-refractivity contribution in [2.75, 3.05) is 19.8 Å². The van der Waals surface area contributed by atoms with Crippen LogP contribution in [0.15, 0.2) is 5.16 Å². The summed E-state index contributed by atoms with van der Waals surface area (Å²) in [4.78, 5) is 44.2. The van der Waals surface area contributed by atoms with Gasteiger partial charge in [0.15, 0.2) is 0 Å². The van der Waals surface area contributed by atoms with Gasteiger partial charge in [-0.1, -0.05) is 19.0 Å². The standard InChI is InChI=1S/C21H32N2O7/c1-4-29-16(25)7-8-23-20(27)13-6-5-12-14(22-30-10-11(2)3)9-15(24)19(26)17(12)18(13)21(23)28/h11-13,15,17-19,24,26H,4-10H2,1-3H3/b22-14-/t12-,13-,15+,17-,18+,19+/m0/s1. The van der Waals surface area contributed by atoms with Crippen molar-refractivity contribution in [3.63, 3.8) is 0 Å². The summed E-state index contributed by atoms with van der Waals surface area (Å²) < 4.78 is 4.89. The minimum atomic E-state index is -1.12. The Morgan fingerprint density at radius 2 is 1.90 bits per heavy atom. The third kappa shape index (κ3) is 4.37. The minimum absolute atomic E-state index is 0.0298. The number of carbonyl (C=O) groups excluding carboxylic acids is 3. The molecule has 2 N–H and O–H groups in total. The van der Waals surface area contributed by atoms with E-state index in [1.807, 2.05) is 13.8 Å². The van der Waals surface area contributed by atoms with Crippen molar-refractivity contribution in [3.8, 4) is 0 Å². The number of nitrogens with zero attached hydrogens (tertiary/aromatic N) is 2. The lowest BCUT2D eigenvalue weighted by Gasteiger charge is -2.45. The molecule has 3 rings (SSSR count). The van der Waals surface area contributed by atoms with Gasteiger partial charge in [-0.2, -0.15) is 0 Å². The smallest absolute Gasteiger partial charge is 0.307 e. The van der Waals surface area contributed by atoms with Gasteiger partial charge in [0.1, 0.15) is 6.61 Å².